The molecule has 1 atom stereocenters. The van der Waals surface area contributed by atoms with Gasteiger partial charge < -0.3 is 9.63 Å². The summed E-state index contributed by atoms with van der Waals surface area (Å²) < 4.78 is 30.5. The second kappa shape index (κ2) is 4.30. The van der Waals surface area contributed by atoms with E-state index in [9.17, 15) is 8.42 Å². The average Bonchev–Trinajstić information content (AvgIpc) is 2.43. The fourth-order valence-corrected chi connectivity index (χ4v) is 2.61. The number of hydrogen-bond acceptors (Lipinski definition) is 5. The van der Waals surface area contributed by atoms with Crippen LogP contribution in [0.5, 0.6) is 0 Å². The van der Waals surface area contributed by atoms with Gasteiger partial charge in [0.05, 0.1) is 6.10 Å². The largest absolute Gasteiger partial charge is 0.392 e. The number of sulfonamides is 1. The van der Waals surface area contributed by atoms with Crippen LogP contribution in [-0.2, 0) is 10.0 Å². The van der Waals surface area contributed by atoms with Gasteiger partial charge in [-0.1, -0.05) is 5.16 Å². The van der Waals surface area contributed by atoms with E-state index < -0.39 is 16.1 Å². The van der Waals surface area contributed by atoms with Crippen molar-refractivity contribution in [3.05, 3.63) is 11.5 Å². The molecule has 0 aromatic carbocycles. The molecule has 0 spiro atoms. The van der Waals surface area contributed by atoms with Gasteiger partial charge in [0.15, 0.2) is 5.76 Å². The zero-order valence-corrected chi connectivity index (χ0v) is 9.63. The molecule has 1 aromatic heterocycles. The van der Waals surface area contributed by atoms with E-state index in [1.807, 2.05) is 0 Å². The predicted molar refractivity (Wildman–Crippen MR) is 52.8 cm³/mol. The molecule has 6 nitrogen and oxygen atoms in total. The number of nitrogens with one attached hydrogen (secondary N) is 1. The average molecular weight is 234 g/mol. The van der Waals surface area contributed by atoms with Crippen molar-refractivity contribution in [1.82, 2.24) is 9.88 Å². The number of aliphatic hydroxyl groups is 1. The summed E-state index contributed by atoms with van der Waals surface area (Å²) in [5, 5.41) is 12.5. The number of aryl methyl sites for hydroxylation is 2. The van der Waals surface area contributed by atoms with Gasteiger partial charge in [-0.05, 0) is 20.8 Å². The van der Waals surface area contributed by atoms with E-state index in [1.54, 1.807) is 6.92 Å². The zero-order valence-electron chi connectivity index (χ0n) is 8.81. The highest BCUT2D eigenvalue weighted by Gasteiger charge is 2.23. The zero-order chi connectivity index (χ0) is 11.6. The van der Waals surface area contributed by atoms with Crippen LogP contribution in [0.25, 0.3) is 0 Å². The molecule has 7 heteroatoms. The van der Waals surface area contributed by atoms with Crippen molar-refractivity contribution in [3.63, 3.8) is 0 Å². The summed E-state index contributed by atoms with van der Waals surface area (Å²) in [6, 6.07) is 0. The van der Waals surface area contributed by atoms with Crippen molar-refractivity contribution < 1.29 is 18.0 Å². The van der Waals surface area contributed by atoms with Crippen LogP contribution in [0.15, 0.2) is 9.42 Å². The maximum Gasteiger partial charge on any atom is 0.246 e. The van der Waals surface area contributed by atoms with Gasteiger partial charge in [0.1, 0.15) is 10.6 Å². The minimum Gasteiger partial charge on any atom is -0.392 e. The molecule has 0 amide bonds. The van der Waals surface area contributed by atoms with Crippen LogP contribution >= 0.6 is 0 Å². The third-order valence-corrected chi connectivity index (χ3v) is 3.47. The Morgan fingerprint density at radius 2 is 2.13 bits per heavy atom. The van der Waals surface area contributed by atoms with E-state index >= 15 is 0 Å². The Bertz CT molecular complexity index is 416. The third-order valence-electron chi connectivity index (χ3n) is 1.81. The Kier molecular flexibility index (Phi) is 3.48. The first-order valence-corrected chi connectivity index (χ1v) is 5.93. The van der Waals surface area contributed by atoms with Crippen LogP contribution < -0.4 is 4.72 Å². The van der Waals surface area contributed by atoms with Crippen molar-refractivity contribution in [1.29, 1.82) is 0 Å². The maximum absolute atomic E-state index is 11.7. The monoisotopic (exact) mass is 234 g/mol. The van der Waals surface area contributed by atoms with Crippen LogP contribution in [0.2, 0.25) is 0 Å². The maximum atomic E-state index is 11.7. The second-order valence-corrected chi connectivity index (χ2v) is 5.06. The Balaban J connectivity index is 2.96. The molecule has 1 aromatic rings. The molecular weight excluding hydrogens is 220 g/mol. The van der Waals surface area contributed by atoms with E-state index in [0.29, 0.717) is 5.69 Å². The van der Waals surface area contributed by atoms with Gasteiger partial charge in [-0.2, -0.15) is 0 Å². The minimum atomic E-state index is -3.64. The van der Waals surface area contributed by atoms with Gasteiger partial charge in [0.2, 0.25) is 10.0 Å². The third kappa shape index (κ3) is 2.77. The van der Waals surface area contributed by atoms with Crippen LogP contribution in [-0.4, -0.2) is 31.3 Å². The number of rotatable bonds is 4. The SMILES string of the molecule is Cc1noc(C)c1S(=O)(=O)NC[C@H](C)O. The van der Waals surface area contributed by atoms with Crippen LogP contribution in [0, 0.1) is 13.8 Å². The molecule has 1 rings (SSSR count). The molecular formula is C8H14N2O4S. The standard InChI is InChI=1S/C8H14N2O4S/c1-5(11)4-9-15(12,13)8-6(2)10-14-7(8)3/h5,9,11H,4H2,1-3H3/t5-/m0/s1. The van der Waals surface area contributed by atoms with E-state index in [4.69, 9.17) is 9.63 Å². The van der Waals surface area contributed by atoms with Crippen molar-refractivity contribution in [3.8, 4) is 0 Å². The van der Waals surface area contributed by atoms with Crippen molar-refractivity contribution in [2.75, 3.05) is 6.54 Å². The molecule has 0 aliphatic heterocycles. The first kappa shape index (κ1) is 12.2. The molecule has 1 heterocycles. The highest BCUT2D eigenvalue weighted by Crippen LogP contribution is 2.18. The van der Waals surface area contributed by atoms with Gasteiger partial charge in [-0.25, -0.2) is 13.1 Å². The Morgan fingerprint density at radius 3 is 2.53 bits per heavy atom. The molecule has 0 aliphatic rings. The topological polar surface area (TPSA) is 92.4 Å². The molecule has 86 valence electrons. The van der Waals surface area contributed by atoms with Crippen LogP contribution in [0.3, 0.4) is 0 Å². The lowest BCUT2D eigenvalue weighted by Gasteiger charge is -2.07. The molecule has 0 saturated heterocycles. The van der Waals surface area contributed by atoms with Gasteiger partial charge in [-0.3, -0.25) is 0 Å². The van der Waals surface area contributed by atoms with Crippen molar-refractivity contribution in [2.24, 2.45) is 0 Å². The lowest BCUT2D eigenvalue weighted by Crippen LogP contribution is -2.31. The minimum absolute atomic E-state index is 0.0353. The molecule has 0 aliphatic carbocycles. The van der Waals surface area contributed by atoms with Gasteiger partial charge in [-0.15, -0.1) is 0 Å². The summed E-state index contributed by atoms with van der Waals surface area (Å²) in [4.78, 5) is 0.0446. The first-order valence-electron chi connectivity index (χ1n) is 4.45. The molecule has 0 radical (unpaired) electrons. The number of aromatic nitrogens is 1. The van der Waals surface area contributed by atoms with Gasteiger partial charge >= 0.3 is 0 Å². The summed E-state index contributed by atoms with van der Waals surface area (Å²) in [7, 11) is -3.64. The molecule has 0 bridgehead atoms. The van der Waals surface area contributed by atoms with E-state index in [0.717, 1.165) is 0 Å². The fraction of sp³-hybridized carbons (Fsp3) is 0.625. The molecule has 2 N–H and O–H groups in total. The normalized spacial score (nSPS) is 14.1. The summed E-state index contributed by atoms with van der Waals surface area (Å²) in [5.74, 6) is 0.241. The number of nitrogens with zero attached hydrogens (tertiary/aromatic N) is 1. The smallest absolute Gasteiger partial charge is 0.246 e. The van der Waals surface area contributed by atoms with Crippen molar-refractivity contribution in [2.45, 2.75) is 31.8 Å². The first-order chi connectivity index (χ1) is 6.84. The lowest BCUT2D eigenvalue weighted by atomic mass is 10.4. The number of hydrogen-bond donors (Lipinski definition) is 2. The fourth-order valence-electron chi connectivity index (χ4n) is 1.16. The highest BCUT2D eigenvalue weighted by molar-refractivity contribution is 7.89. The molecule has 0 fully saturated rings. The summed E-state index contributed by atoms with van der Waals surface area (Å²) in [6.07, 6.45) is -0.736. The van der Waals surface area contributed by atoms with E-state index in [1.165, 1.54) is 13.8 Å². The van der Waals surface area contributed by atoms with Crippen LogP contribution in [0.4, 0.5) is 0 Å². The van der Waals surface area contributed by atoms with E-state index in [-0.39, 0.29) is 17.2 Å². The second-order valence-electron chi connectivity index (χ2n) is 3.35. The number of aliphatic hydroxyl groups excluding tert-OH is 1. The quantitative estimate of drug-likeness (QED) is 0.762. The molecule has 0 saturated carbocycles. The van der Waals surface area contributed by atoms with Gasteiger partial charge in [0.25, 0.3) is 0 Å². The summed E-state index contributed by atoms with van der Waals surface area (Å²) in [5.41, 5.74) is 0.311. The molecule has 15 heavy (non-hydrogen) atoms. The molecule has 0 unspecified atom stereocenters. The summed E-state index contributed by atoms with van der Waals surface area (Å²) in [6.45, 7) is 4.53. The van der Waals surface area contributed by atoms with Crippen LogP contribution in [0.1, 0.15) is 18.4 Å². The summed E-state index contributed by atoms with van der Waals surface area (Å²) >= 11 is 0. The van der Waals surface area contributed by atoms with E-state index in [2.05, 4.69) is 9.88 Å². The Hall–Kier alpha value is -0.920. The Morgan fingerprint density at radius 1 is 1.53 bits per heavy atom. The predicted octanol–water partition coefficient (Wildman–Crippen LogP) is -0.0495. The Labute approximate surface area is 88.3 Å². The van der Waals surface area contributed by atoms with Gasteiger partial charge in [0, 0.05) is 6.54 Å². The highest BCUT2D eigenvalue weighted by atomic mass is 32.2. The van der Waals surface area contributed by atoms with Crippen molar-refractivity contribution >= 4 is 10.0 Å². The lowest BCUT2D eigenvalue weighted by molar-refractivity contribution is 0.198.